The van der Waals surface area contributed by atoms with Crippen molar-refractivity contribution in [3.8, 4) is 11.1 Å². The summed E-state index contributed by atoms with van der Waals surface area (Å²) in [5.41, 5.74) is 3.55. The molecule has 3 aliphatic heterocycles. The zero-order chi connectivity index (χ0) is 19.9. The third-order valence-corrected chi connectivity index (χ3v) is 6.38. The summed E-state index contributed by atoms with van der Waals surface area (Å²) in [6.45, 7) is 7.11. The Hall–Kier alpha value is -2.40. The maximum Gasteiger partial charge on any atom is 0.405 e. The molecule has 2 bridgehead atoms. The van der Waals surface area contributed by atoms with Gasteiger partial charge in [-0.3, -0.25) is 0 Å². The van der Waals surface area contributed by atoms with Gasteiger partial charge in [-0.15, -0.1) is 0 Å². The number of nitrogens with one attached hydrogen (secondary N) is 1. The number of fused-ring (bicyclic) bond motifs is 3. The fourth-order valence-electron chi connectivity index (χ4n) is 5.02. The van der Waals surface area contributed by atoms with Crippen LogP contribution in [0, 0.1) is 11.7 Å². The Bertz CT molecular complexity index is 871. The van der Waals surface area contributed by atoms with Crippen LogP contribution in [-0.4, -0.2) is 35.7 Å². The minimum absolute atomic E-state index is 0.253. The first-order valence-corrected chi connectivity index (χ1v) is 9.98. The molecule has 5 rings (SSSR count). The van der Waals surface area contributed by atoms with E-state index in [1.807, 2.05) is 38.1 Å². The molecule has 0 spiro atoms. The standard InChI is InChI=1S/C23H27FN2O2/c1-23(2,25-22(27)28)20-5-3-4-18(15-6-8-17(24)9-7-15)21(20)19-14-26-12-10-16(19)11-13-26/h3-9,16,19,25H,10-14H2,1-2H3,(H,27,28). The van der Waals surface area contributed by atoms with Gasteiger partial charge in [0.25, 0.3) is 0 Å². The fourth-order valence-corrected chi connectivity index (χ4v) is 5.02. The van der Waals surface area contributed by atoms with Gasteiger partial charge in [-0.25, -0.2) is 9.18 Å². The molecule has 1 atom stereocenters. The molecule has 3 fully saturated rings. The summed E-state index contributed by atoms with van der Waals surface area (Å²) in [4.78, 5) is 13.9. The van der Waals surface area contributed by atoms with E-state index in [9.17, 15) is 14.3 Å². The van der Waals surface area contributed by atoms with E-state index in [0.717, 1.165) is 36.3 Å². The number of rotatable bonds is 4. The molecule has 4 nitrogen and oxygen atoms in total. The van der Waals surface area contributed by atoms with Crippen LogP contribution < -0.4 is 5.32 Å². The average molecular weight is 382 g/mol. The third kappa shape index (κ3) is 3.51. The van der Waals surface area contributed by atoms with Gasteiger partial charge in [0.1, 0.15) is 5.82 Å². The van der Waals surface area contributed by atoms with Crippen molar-refractivity contribution in [2.45, 2.75) is 38.1 Å². The van der Waals surface area contributed by atoms with Crippen LogP contribution in [0.1, 0.15) is 43.7 Å². The van der Waals surface area contributed by atoms with Gasteiger partial charge in [0.05, 0.1) is 5.54 Å². The first kappa shape index (κ1) is 18.9. The van der Waals surface area contributed by atoms with Crippen molar-refractivity contribution in [3.05, 3.63) is 59.4 Å². The van der Waals surface area contributed by atoms with Crippen molar-refractivity contribution < 1.29 is 14.3 Å². The molecule has 2 N–H and O–H groups in total. The lowest BCUT2D eigenvalue weighted by molar-refractivity contribution is 0.0863. The Kier molecular flexibility index (Phi) is 4.88. The number of piperidine rings is 3. The highest BCUT2D eigenvalue weighted by molar-refractivity contribution is 5.72. The minimum atomic E-state index is -1.03. The van der Waals surface area contributed by atoms with Crippen LogP contribution in [0.2, 0.25) is 0 Å². The predicted octanol–water partition coefficient (Wildman–Crippen LogP) is 4.80. The van der Waals surface area contributed by atoms with E-state index in [4.69, 9.17) is 0 Å². The monoisotopic (exact) mass is 382 g/mol. The second-order valence-corrected chi connectivity index (χ2v) is 8.57. The van der Waals surface area contributed by atoms with Crippen molar-refractivity contribution in [2.75, 3.05) is 19.6 Å². The van der Waals surface area contributed by atoms with Crippen LogP contribution in [-0.2, 0) is 5.54 Å². The Balaban J connectivity index is 1.88. The molecule has 1 unspecified atom stereocenters. The second-order valence-electron chi connectivity index (χ2n) is 8.57. The smallest absolute Gasteiger partial charge is 0.405 e. The quantitative estimate of drug-likeness (QED) is 0.798. The summed E-state index contributed by atoms with van der Waals surface area (Å²) in [6, 6.07) is 12.7. The molecular weight excluding hydrogens is 355 g/mol. The van der Waals surface area contributed by atoms with Crippen molar-refractivity contribution in [1.82, 2.24) is 10.2 Å². The Morgan fingerprint density at radius 3 is 2.39 bits per heavy atom. The number of halogens is 1. The van der Waals surface area contributed by atoms with Crippen LogP contribution in [0.3, 0.4) is 0 Å². The summed E-state index contributed by atoms with van der Waals surface area (Å²) >= 11 is 0. The van der Waals surface area contributed by atoms with Gasteiger partial charge in [0.15, 0.2) is 0 Å². The van der Waals surface area contributed by atoms with Crippen LogP contribution in [0.15, 0.2) is 42.5 Å². The van der Waals surface area contributed by atoms with Gasteiger partial charge >= 0.3 is 6.09 Å². The number of nitrogens with zero attached hydrogens (tertiary/aromatic N) is 1. The summed E-state index contributed by atoms with van der Waals surface area (Å²) in [6.07, 6.45) is 1.32. The van der Waals surface area contributed by atoms with Gasteiger partial charge < -0.3 is 15.3 Å². The number of benzene rings is 2. The SMILES string of the molecule is CC(C)(NC(=O)O)c1cccc(-c2ccc(F)cc2)c1C1CN2CCC1CC2. The molecule has 148 valence electrons. The highest BCUT2D eigenvalue weighted by Gasteiger charge is 2.39. The lowest BCUT2D eigenvalue weighted by atomic mass is 9.70. The van der Waals surface area contributed by atoms with E-state index in [1.165, 1.54) is 30.5 Å². The first-order valence-electron chi connectivity index (χ1n) is 9.98. The molecule has 0 saturated carbocycles. The maximum absolute atomic E-state index is 13.5. The Morgan fingerprint density at radius 1 is 1.14 bits per heavy atom. The molecule has 3 saturated heterocycles. The van der Waals surface area contributed by atoms with Crippen molar-refractivity contribution in [2.24, 2.45) is 5.92 Å². The van der Waals surface area contributed by atoms with Crippen molar-refractivity contribution in [3.63, 3.8) is 0 Å². The zero-order valence-corrected chi connectivity index (χ0v) is 16.4. The van der Waals surface area contributed by atoms with E-state index >= 15 is 0 Å². The largest absolute Gasteiger partial charge is 0.465 e. The third-order valence-electron chi connectivity index (χ3n) is 6.38. The number of hydrogen-bond donors (Lipinski definition) is 2. The van der Waals surface area contributed by atoms with Gasteiger partial charge in [-0.2, -0.15) is 0 Å². The molecule has 5 heteroatoms. The van der Waals surface area contributed by atoms with Gasteiger partial charge in [-0.05, 0) is 80.1 Å². The summed E-state index contributed by atoms with van der Waals surface area (Å²) in [5.74, 6) is 0.705. The second kappa shape index (κ2) is 7.21. The zero-order valence-electron chi connectivity index (χ0n) is 16.4. The van der Waals surface area contributed by atoms with E-state index < -0.39 is 11.6 Å². The van der Waals surface area contributed by atoms with Crippen molar-refractivity contribution in [1.29, 1.82) is 0 Å². The Labute approximate surface area is 165 Å². The van der Waals surface area contributed by atoms with Gasteiger partial charge in [0.2, 0.25) is 0 Å². The van der Waals surface area contributed by atoms with Crippen molar-refractivity contribution >= 4 is 6.09 Å². The Morgan fingerprint density at radius 2 is 1.82 bits per heavy atom. The number of hydrogen-bond acceptors (Lipinski definition) is 2. The highest BCUT2D eigenvalue weighted by atomic mass is 19.1. The molecule has 1 amide bonds. The lowest BCUT2D eigenvalue weighted by Gasteiger charge is -2.47. The number of carboxylic acid groups (broad SMARTS) is 1. The van der Waals surface area contributed by atoms with Crippen LogP contribution in [0.5, 0.6) is 0 Å². The number of carbonyl (C=O) groups is 1. The average Bonchev–Trinajstić information content (AvgIpc) is 2.68. The molecule has 0 aromatic heterocycles. The maximum atomic E-state index is 13.5. The van der Waals surface area contributed by atoms with E-state index in [-0.39, 0.29) is 5.82 Å². The van der Waals surface area contributed by atoms with E-state index in [0.29, 0.717) is 11.8 Å². The van der Waals surface area contributed by atoms with E-state index in [2.05, 4.69) is 16.3 Å². The molecule has 0 radical (unpaired) electrons. The first-order chi connectivity index (χ1) is 13.3. The molecule has 0 aliphatic carbocycles. The van der Waals surface area contributed by atoms with Gasteiger partial charge in [-0.1, -0.05) is 30.3 Å². The summed E-state index contributed by atoms with van der Waals surface area (Å²) < 4.78 is 13.5. The van der Waals surface area contributed by atoms with Gasteiger partial charge in [0, 0.05) is 12.5 Å². The molecule has 2 aromatic rings. The van der Waals surface area contributed by atoms with Crippen LogP contribution >= 0.6 is 0 Å². The molecule has 2 aromatic carbocycles. The summed E-state index contributed by atoms with van der Waals surface area (Å²) in [5, 5.41) is 12.1. The highest BCUT2D eigenvalue weighted by Crippen LogP contribution is 2.45. The summed E-state index contributed by atoms with van der Waals surface area (Å²) in [7, 11) is 0. The minimum Gasteiger partial charge on any atom is -0.465 e. The van der Waals surface area contributed by atoms with E-state index in [1.54, 1.807) is 0 Å². The molecule has 28 heavy (non-hydrogen) atoms. The molecule has 3 heterocycles. The topological polar surface area (TPSA) is 52.6 Å². The number of amides is 1. The predicted molar refractivity (Wildman–Crippen MR) is 108 cm³/mol. The van der Waals surface area contributed by atoms with Crippen LogP contribution in [0.25, 0.3) is 11.1 Å². The van der Waals surface area contributed by atoms with Crippen LogP contribution in [0.4, 0.5) is 9.18 Å². The fraction of sp³-hybridized carbons (Fsp3) is 0.435. The molecular formula is C23H27FN2O2. The molecule has 3 aliphatic rings. The lowest BCUT2D eigenvalue weighted by Crippen LogP contribution is -2.48. The normalized spacial score (nSPS) is 24.2.